The van der Waals surface area contributed by atoms with Crippen molar-refractivity contribution in [1.29, 1.82) is 0 Å². The molecule has 11 heteroatoms. The fourth-order valence-electron chi connectivity index (χ4n) is 3.58. The zero-order valence-electron chi connectivity index (χ0n) is 19.4. The molecule has 0 aliphatic heterocycles. The summed E-state index contributed by atoms with van der Waals surface area (Å²) in [6.45, 7) is 0.370. The lowest BCUT2D eigenvalue weighted by Crippen LogP contribution is -2.19. The van der Waals surface area contributed by atoms with Crippen LogP contribution in [-0.4, -0.2) is 27.9 Å². The molecule has 0 unspecified atom stereocenters. The van der Waals surface area contributed by atoms with Crippen LogP contribution in [0.15, 0.2) is 84.1 Å². The van der Waals surface area contributed by atoms with Gasteiger partial charge in [0.1, 0.15) is 10.6 Å². The van der Waals surface area contributed by atoms with Crippen molar-refractivity contribution in [2.24, 2.45) is 5.10 Å². The Balaban J connectivity index is 1.24. The van der Waals surface area contributed by atoms with E-state index in [1.54, 1.807) is 59.4 Å². The number of aromatic nitrogens is 2. The van der Waals surface area contributed by atoms with Gasteiger partial charge in [0.05, 0.1) is 17.8 Å². The molecular formula is C27H17Cl3N4O3S. The van der Waals surface area contributed by atoms with E-state index in [-0.39, 0.29) is 11.4 Å². The van der Waals surface area contributed by atoms with Crippen molar-refractivity contribution in [3.05, 3.63) is 116 Å². The van der Waals surface area contributed by atoms with Crippen molar-refractivity contribution in [3.8, 4) is 5.75 Å². The smallest absolute Gasteiger partial charge is 0.355 e. The molecule has 5 rings (SSSR count). The van der Waals surface area contributed by atoms with Crippen LogP contribution in [-0.2, 0) is 6.54 Å². The third-order valence-electron chi connectivity index (χ3n) is 5.43. The summed E-state index contributed by atoms with van der Waals surface area (Å²) in [7, 11) is 0. The van der Waals surface area contributed by atoms with Crippen LogP contribution >= 0.6 is 46.1 Å². The third kappa shape index (κ3) is 5.74. The number of nitrogens with zero attached hydrogens (tertiary/aromatic N) is 3. The largest absolute Gasteiger partial charge is 0.422 e. The molecule has 5 aromatic rings. The molecule has 0 bridgehead atoms. The zero-order chi connectivity index (χ0) is 26.6. The fraction of sp³-hybridized carbons (Fsp3) is 0.0370. The van der Waals surface area contributed by atoms with E-state index < -0.39 is 11.9 Å². The molecule has 38 heavy (non-hydrogen) atoms. The summed E-state index contributed by atoms with van der Waals surface area (Å²) in [5.74, 6) is -0.811. The normalized spacial score (nSPS) is 11.2. The Morgan fingerprint density at radius 3 is 2.63 bits per heavy atom. The maximum absolute atomic E-state index is 12.9. The molecule has 190 valence electrons. The summed E-state index contributed by atoms with van der Waals surface area (Å²) in [5, 5.41) is 10.5. The average molecular weight is 584 g/mol. The molecule has 0 radical (unpaired) electrons. The number of carbonyl (C=O) groups is 2. The Hall–Kier alpha value is -3.69. The van der Waals surface area contributed by atoms with Gasteiger partial charge >= 0.3 is 5.97 Å². The summed E-state index contributed by atoms with van der Waals surface area (Å²) in [4.78, 5) is 25.7. The van der Waals surface area contributed by atoms with E-state index >= 15 is 0 Å². The summed E-state index contributed by atoms with van der Waals surface area (Å²) in [6, 6.07) is 21.1. The first-order valence-electron chi connectivity index (χ1n) is 11.2. The molecule has 0 aliphatic rings. The molecule has 7 nitrogen and oxygen atoms in total. The summed E-state index contributed by atoms with van der Waals surface area (Å²) in [5.41, 5.74) is 3.91. The Morgan fingerprint density at radius 2 is 1.82 bits per heavy atom. The second-order valence-electron chi connectivity index (χ2n) is 8.00. The predicted molar refractivity (Wildman–Crippen MR) is 151 cm³/mol. The van der Waals surface area contributed by atoms with E-state index in [9.17, 15) is 9.59 Å². The highest BCUT2D eigenvalue weighted by atomic mass is 35.5. The number of para-hydroxylation sites is 1. The quantitative estimate of drug-likeness (QED) is 0.0959. The standard InChI is InChI=1S/C27H17Cl3N4O3S/c28-18-10-9-17(20(29)13-18)15-34-12-11-21(33-34)26(35)32-31-14-16-5-1-3-7-22(16)37-27(36)25-24(30)19-6-2-4-8-23(19)38-25/h1-14H,15H2,(H,32,35)/b31-14-. The van der Waals surface area contributed by atoms with E-state index in [0.29, 0.717) is 32.1 Å². The number of hydrogen-bond acceptors (Lipinski definition) is 6. The summed E-state index contributed by atoms with van der Waals surface area (Å²) < 4.78 is 8.08. The topological polar surface area (TPSA) is 85.6 Å². The molecule has 1 N–H and O–H groups in total. The van der Waals surface area contributed by atoms with Gasteiger partial charge in [-0.15, -0.1) is 11.3 Å². The van der Waals surface area contributed by atoms with Crippen molar-refractivity contribution in [3.63, 3.8) is 0 Å². The van der Waals surface area contributed by atoms with Crippen LogP contribution < -0.4 is 10.2 Å². The Kier molecular flexibility index (Phi) is 7.76. The van der Waals surface area contributed by atoms with Gasteiger partial charge in [0.2, 0.25) is 0 Å². The molecule has 0 spiro atoms. The Bertz CT molecular complexity index is 1700. The summed E-state index contributed by atoms with van der Waals surface area (Å²) in [6.07, 6.45) is 3.05. The molecule has 0 saturated heterocycles. The van der Waals surface area contributed by atoms with Crippen LogP contribution in [0.5, 0.6) is 5.75 Å². The predicted octanol–water partition coefficient (Wildman–Crippen LogP) is 7.09. The Labute approximate surface area is 236 Å². The number of ether oxygens (including phenoxy) is 1. The van der Waals surface area contributed by atoms with Crippen molar-refractivity contribution in [2.45, 2.75) is 6.54 Å². The summed E-state index contributed by atoms with van der Waals surface area (Å²) >= 11 is 19.8. The van der Waals surface area contributed by atoms with Crippen LogP contribution in [0.4, 0.5) is 0 Å². The highest BCUT2D eigenvalue weighted by Gasteiger charge is 2.20. The van der Waals surface area contributed by atoms with Crippen LogP contribution in [0.2, 0.25) is 15.1 Å². The van der Waals surface area contributed by atoms with Gasteiger partial charge in [-0.05, 0) is 42.0 Å². The average Bonchev–Trinajstić information content (AvgIpc) is 3.51. The lowest BCUT2D eigenvalue weighted by atomic mass is 10.2. The van der Waals surface area contributed by atoms with Crippen LogP contribution in [0, 0.1) is 0 Å². The van der Waals surface area contributed by atoms with Gasteiger partial charge in [0.25, 0.3) is 5.91 Å². The second kappa shape index (κ2) is 11.4. The monoisotopic (exact) mass is 582 g/mol. The first-order valence-corrected chi connectivity index (χ1v) is 13.1. The van der Waals surface area contributed by atoms with E-state index in [1.165, 1.54) is 17.6 Å². The van der Waals surface area contributed by atoms with E-state index in [2.05, 4.69) is 15.6 Å². The van der Waals surface area contributed by atoms with Gasteiger partial charge in [-0.1, -0.05) is 71.2 Å². The molecule has 3 aromatic carbocycles. The highest BCUT2D eigenvalue weighted by Crippen LogP contribution is 2.36. The van der Waals surface area contributed by atoms with Crippen molar-refractivity contribution in [1.82, 2.24) is 15.2 Å². The minimum atomic E-state index is -0.576. The lowest BCUT2D eigenvalue weighted by molar-refractivity contribution is 0.0739. The van der Waals surface area contributed by atoms with Crippen molar-refractivity contribution < 1.29 is 14.3 Å². The van der Waals surface area contributed by atoms with E-state index in [4.69, 9.17) is 39.5 Å². The van der Waals surface area contributed by atoms with Crippen LogP contribution in [0.25, 0.3) is 10.1 Å². The Morgan fingerprint density at radius 1 is 1.03 bits per heavy atom. The molecule has 0 saturated carbocycles. The van der Waals surface area contributed by atoms with E-state index in [0.717, 1.165) is 15.6 Å². The first kappa shape index (κ1) is 25.9. The number of carbonyl (C=O) groups excluding carboxylic acids is 2. The van der Waals surface area contributed by atoms with Gasteiger partial charge in [0, 0.05) is 31.9 Å². The van der Waals surface area contributed by atoms with Gasteiger partial charge in [0.15, 0.2) is 5.69 Å². The van der Waals surface area contributed by atoms with Crippen molar-refractivity contribution >= 4 is 74.3 Å². The number of hydrogen-bond donors (Lipinski definition) is 1. The molecule has 0 atom stereocenters. The molecule has 2 aromatic heterocycles. The number of thiophene rings is 1. The van der Waals surface area contributed by atoms with Gasteiger partial charge < -0.3 is 4.74 Å². The molecule has 2 heterocycles. The number of esters is 1. The minimum absolute atomic E-state index is 0.173. The maximum Gasteiger partial charge on any atom is 0.355 e. The minimum Gasteiger partial charge on any atom is -0.422 e. The first-order chi connectivity index (χ1) is 18.4. The van der Waals surface area contributed by atoms with Gasteiger partial charge in [-0.25, -0.2) is 10.2 Å². The fourth-order valence-corrected chi connectivity index (χ4v) is 5.44. The number of hydrazone groups is 1. The molecule has 1 amide bonds. The van der Waals surface area contributed by atoms with Gasteiger partial charge in [-0.2, -0.15) is 10.2 Å². The lowest BCUT2D eigenvalue weighted by Gasteiger charge is -2.06. The van der Waals surface area contributed by atoms with Crippen LogP contribution in [0.3, 0.4) is 0 Å². The number of benzene rings is 3. The van der Waals surface area contributed by atoms with E-state index in [1.807, 2.05) is 24.3 Å². The number of halogens is 3. The number of rotatable bonds is 7. The maximum atomic E-state index is 12.9. The molecule has 0 aliphatic carbocycles. The molecular weight excluding hydrogens is 567 g/mol. The number of fused-ring (bicyclic) bond motifs is 1. The second-order valence-corrected chi connectivity index (χ2v) is 10.3. The number of amides is 1. The number of nitrogens with one attached hydrogen (secondary N) is 1. The third-order valence-corrected chi connectivity index (χ3v) is 7.67. The zero-order valence-corrected chi connectivity index (χ0v) is 22.5. The highest BCUT2D eigenvalue weighted by molar-refractivity contribution is 7.21. The molecule has 0 fully saturated rings. The van der Waals surface area contributed by atoms with Gasteiger partial charge in [-0.3, -0.25) is 9.48 Å². The van der Waals surface area contributed by atoms with Crippen molar-refractivity contribution in [2.75, 3.05) is 0 Å². The SMILES string of the molecule is O=C(N/N=C\c1ccccc1OC(=O)c1sc2ccccc2c1Cl)c1ccn(Cc2ccc(Cl)cc2Cl)n1. The van der Waals surface area contributed by atoms with Crippen LogP contribution in [0.1, 0.15) is 31.3 Å².